The number of carbonyl (C=O) groups excluding carboxylic acids is 1. The molecule has 0 aromatic carbocycles. The quantitative estimate of drug-likeness (QED) is 0.394. The van der Waals surface area contributed by atoms with Crippen LogP contribution in [0.5, 0.6) is 0 Å². The zero-order valence-corrected chi connectivity index (χ0v) is 8.80. The van der Waals surface area contributed by atoms with E-state index in [1.54, 1.807) is 11.8 Å². The molecule has 84 valence electrons. The van der Waals surface area contributed by atoms with E-state index in [9.17, 15) is 14.9 Å². The summed E-state index contributed by atoms with van der Waals surface area (Å²) >= 11 is 0. The molecule has 0 N–H and O–H groups in total. The Balaban J connectivity index is 2.76. The SMILES string of the molecule is COC(=O)[C@H]1CCCN1C(C)=C[N+](=O)[O-]. The highest BCUT2D eigenvalue weighted by Gasteiger charge is 2.32. The molecule has 1 rings (SSSR count). The minimum absolute atomic E-state index is 0.330. The van der Waals surface area contributed by atoms with Crippen molar-refractivity contribution in [2.24, 2.45) is 0 Å². The fourth-order valence-corrected chi connectivity index (χ4v) is 1.80. The van der Waals surface area contributed by atoms with Gasteiger partial charge in [0.1, 0.15) is 6.04 Å². The molecule has 15 heavy (non-hydrogen) atoms. The summed E-state index contributed by atoms with van der Waals surface area (Å²) in [5, 5.41) is 10.3. The lowest BCUT2D eigenvalue weighted by molar-refractivity contribution is -0.404. The van der Waals surface area contributed by atoms with Gasteiger partial charge in [-0.25, -0.2) is 4.79 Å². The Kier molecular flexibility index (Phi) is 3.65. The topological polar surface area (TPSA) is 72.7 Å². The number of hydrogen-bond donors (Lipinski definition) is 0. The number of allylic oxidation sites excluding steroid dienone is 1. The standard InChI is InChI=1S/C9H14N2O4/c1-7(6-11(13)14)10-5-3-4-8(10)9(12)15-2/h6,8H,3-5H2,1-2H3/t8-/m1/s1. The van der Waals surface area contributed by atoms with Crippen molar-refractivity contribution in [3.05, 3.63) is 22.0 Å². The average Bonchev–Trinajstić information content (AvgIpc) is 2.63. The van der Waals surface area contributed by atoms with E-state index < -0.39 is 4.92 Å². The minimum Gasteiger partial charge on any atom is -0.467 e. The molecule has 0 aromatic heterocycles. The van der Waals surface area contributed by atoms with Crippen LogP contribution in [0.3, 0.4) is 0 Å². The summed E-state index contributed by atoms with van der Waals surface area (Å²) in [6.45, 7) is 2.29. The van der Waals surface area contributed by atoms with E-state index in [0.29, 0.717) is 18.7 Å². The number of nitrogens with zero attached hydrogens (tertiary/aromatic N) is 2. The molecule has 6 heteroatoms. The molecule has 0 amide bonds. The smallest absolute Gasteiger partial charge is 0.328 e. The highest BCUT2D eigenvalue weighted by Crippen LogP contribution is 2.22. The number of likely N-dealkylation sites (tertiary alicyclic amines) is 1. The molecule has 1 heterocycles. The lowest BCUT2D eigenvalue weighted by Crippen LogP contribution is -2.35. The van der Waals surface area contributed by atoms with Gasteiger partial charge in [0, 0.05) is 6.54 Å². The van der Waals surface area contributed by atoms with Gasteiger partial charge in [0.15, 0.2) is 0 Å². The zero-order chi connectivity index (χ0) is 11.4. The molecule has 0 aliphatic carbocycles. The van der Waals surface area contributed by atoms with E-state index in [2.05, 4.69) is 4.74 Å². The third kappa shape index (κ3) is 2.68. The van der Waals surface area contributed by atoms with Gasteiger partial charge in [-0.15, -0.1) is 0 Å². The second-order valence-electron chi connectivity index (χ2n) is 3.43. The van der Waals surface area contributed by atoms with Gasteiger partial charge >= 0.3 is 5.97 Å². The van der Waals surface area contributed by atoms with Crippen LogP contribution in [0.15, 0.2) is 11.9 Å². The van der Waals surface area contributed by atoms with Crippen LogP contribution in [0, 0.1) is 10.1 Å². The van der Waals surface area contributed by atoms with Crippen LogP contribution in [0.25, 0.3) is 0 Å². The Morgan fingerprint density at radius 2 is 2.33 bits per heavy atom. The maximum Gasteiger partial charge on any atom is 0.328 e. The predicted molar refractivity (Wildman–Crippen MR) is 52.5 cm³/mol. The van der Waals surface area contributed by atoms with Gasteiger partial charge in [0.05, 0.1) is 17.7 Å². The number of esters is 1. The number of carbonyl (C=O) groups is 1. The molecule has 1 fully saturated rings. The lowest BCUT2D eigenvalue weighted by atomic mass is 10.2. The molecule has 1 saturated heterocycles. The van der Waals surface area contributed by atoms with Gasteiger partial charge < -0.3 is 9.64 Å². The van der Waals surface area contributed by atoms with Gasteiger partial charge in [-0.3, -0.25) is 10.1 Å². The summed E-state index contributed by atoms with van der Waals surface area (Å²) in [5.41, 5.74) is 0.493. The van der Waals surface area contributed by atoms with Gasteiger partial charge in [-0.05, 0) is 19.8 Å². The Bertz CT molecular complexity index is 300. The second kappa shape index (κ2) is 4.77. The first-order valence-corrected chi connectivity index (χ1v) is 4.72. The van der Waals surface area contributed by atoms with E-state index in [0.717, 1.165) is 12.6 Å². The van der Waals surface area contributed by atoms with Crippen LogP contribution in [0.2, 0.25) is 0 Å². The highest BCUT2D eigenvalue weighted by molar-refractivity contribution is 5.76. The van der Waals surface area contributed by atoms with Crippen LogP contribution in [0.4, 0.5) is 0 Å². The summed E-state index contributed by atoms with van der Waals surface area (Å²) < 4.78 is 4.64. The van der Waals surface area contributed by atoms with Gasteiger partial charge in [-0.2, -0.15) is 0 Å². The Labute approximate surface area is 87.7 Å². The Hall–Kier alpha value is -1.59. The molecule has 1 aliphatic heterocycles. The average molecular weight is 214 g/mol. The first-order valence-electron chi connectivity index (χ1n) is 4.72. The monoisotopic (exact) mass is 214 g/mol. The zero-order valence-electron chi connectivity index (χ0n) is 8.80. The number of methoxy groups -OCH3 is 1. The summed E-state index contributed by atoms with van der Waals surface area (Å²) in [6, 6.07) is -0.369. The van der Waals surface area contributed by atoms with E-state index in [-0.39, 0.29) is 12.0 Å². The third-order valence-electron chi connectivity index (χ3n) is 2.47. The molecule has 0 aromatic rings. The van der Waals surface area contributed by atoms with Gasteiger partial charge in [0.2, 0.25) is 0 Å². The Morgan fingerprint density at radius 1 is 1.67 bits per heavy atom. The van der Waals surface area contributed by atoms with Crippen molar-refractivity contribution in [1.29, 1.82) is 0 Å². The molecule has 1 aliphatic rings. The molecule has 0 radical (unpaired) electrons. The maximum atomic E-state index is 11.4. The van der Waals surface area contributed by atoms with Crippen LogP contribution in [-0.4, -0.2) is 35.5 Å². The largest absolute Gasteiger partial charge is 0.467 e. The number of ether oxygens (including phenoxy) is 1. The summed E-state index contributed by atoms with van der Waals surface area (Å²) in [5.74, 6) is -0.330. The molecule has 1 atom stereocenters. The number of hydrogen-bond acceptors (Lipinski definition) is 5. The second-order valence-corrected chi connectivity index (χ2v) is 3.43. The van der Waals surface area contributed by atoms with E-state index >= 15 is 0 Å². The third-order valence-corrected chi connectivity index (χ3v) is 2.47. The fraction of sp³-hybridized carbons (Fsp3) is 0.667. The lowest BCUT2D eigenvalue weighted by Gasteiger charge is -2.23. The van der Waals surface area contributed by atoms with Crippen LogP contribution in [-0.2, 0) is 9.53 Å². The van der Waals surface area contributed by atoms with Crippen molar-refractivity contribution in [3.8, 4) is 0 Å². The molecule has 6 nitrogen and oxygen atoms in total. The van der Waals surface area contributed by atoms with Gasteiger partial charge in [0.25, 0.3) is 6.20 Å². The molecular formula is C9H14N2O4. The van der Waals surface area contributed by atoms with Crippen molar-refractivity contribution in [2.75, 3.05) is 13.7 Å². The number of nitro groups is 1. The molecule has 0 bridgehead atoms. The summed E-state index contributed by atoms with van der Waals surface area (Å²) in [6.07, 6.45) is 2.46. The van der Waals surface area contributed by atoms with Crippen LogP contribution >= 0.6 is 0 Å². The summed E-state index contributed by atoms with van der Waals surface area (Å²) in [7, 11) is 1.32. The van der Waals surface area contributed by atoms with Crippen molar-refractivity contribution in [1.82, 2.24) is 4.90 Å². The van der Waals surface area contributed by atoms with E-state index in [1.165, 1.54) is 7.11 Å². The normalized spacial score (nSPS) is 21.6. The molecule has 0 spiro atoms. The first-order chi connectivity index (χ1) is 7.06. The molecule has 0 saturated carbocycles. The van der Waals surface area contributed by atoms with Crippen LogP contribution < -0.4 is 0 Å². The minimum atomic E-state index is -0.512. The van der Waals surface area contributed by atoms with Crippen molar-refractivity contribution < 1.29 is 14.5 Å². The van der Waals surface area contributed by atoms with Crippen LogP contribution in [0.1, 0.15) is 19.8 Å². The predicted octanol–water partition coefficient (Wildman–Crippen LogP) is 0.762. The van der Waals surface area contributed by atoms with Crippen molar-refractivity contribution in [3.63, 3.8) is 0 Å². The summed E-state index contributed by atoms with van der Waals surface area (Å²) in [4.78, 5) is 22.9. The Morgan fingerprint density at radius 3 is 2.87 bits per heavy atom. The van der Waals surface area contributed by atoms with Crippen molar-refractivity contribution in [2.45, 2.75) is 25.8 Å². The van der Waals surface area contributed by atoms with E-state index in [4.69, 9.17) is 0 Å². The first kappa shape index (κ1) is 11.5. The highest BCUT2D eigenvalue weighted by atomic mass is 16.6. The molecular weight excluding hydrogens is 200 g/mol. The maximum absolute atomic E-state index is 11.4. The van der Waals surface area contributed by atoms with Gasteiger partial charge in [-0.1, -0.05) is 0 Å². The fourth-order valence-electron chi connectivity index (χ4n) is 1.80. The number of rotatable bonds is 3. The van der Waals surface area contributed by atoms with E-state index in [1.807, 2.05) is 0 Å². The molecule has 0 unspecified atom stereocenters. The van der Waals surface area contributed by atoms with Crippen molar-refractivity contribution >= 4 is 5.97 Å².